The van der Waals surface area contributed by atoms with E-state index in [1.807, 2.05) is 25.1 Å². The van der Waals surface area contributed by atoms with Crippen LogP contribution in [0.2, 0.25) is 0 Å². The zero-order valence-corrected chi connectivity index (χ0v) is 12.3. The molecule has 0 fully saturated rings. The Kier molecular flexibility index (Phi) is 3.11. The van der Waals surface area contributed by atoms with Crippen molar-refractivity contribution in [1.29, 1.82) is 0 Å². The molecule has 0 saturated carbocycles. The van der Waals surface area contributed by atoms with E-state index in [4.69, 9.17) is 4.74 Å². The molecule has 0 radical (unpaired) electrons. The minimum Gasteiger partial charge on any atom is -0.485 e. The fourth-order valence-electron chi connectivity index (χ4n) is 2.73. The highest BCUT2D eigenvalue weighted by molar-refractivity contribution is 7.12. The molecule has 1 unspecified atom stereocenters. The Morgan fingerprint density at radius 3 is 2.63 bits per heavy atom. The maximum atomic E-state index is 10.3. The predicted octanol–water partition coefficient (Wildman–Crippen LogP) is 4.23. The maximum Gasteiger partial charge on any atom is 0.128 e. The van der Waals surface area contributed by atoms with Crippen molar-refractivity contribution in [1.82, 2.24) is 0 Å². The van der Waals surface area contributed by atoms with Crippen molar-refractivity contribution in [3.63, 3.8) is 0 Å². The summed E-state index contributed by atoms with van der Waals surface area (Å²) in [6.07, 6.45) is 0.163. The third-order valence-corrected chi connectivity index (χ3v) is 4.64. The molecule has 0 bridgehead atoms. The molecule has 2 heterocycles. The Morgan fingerprint density at radius 2 is 1.95 bits per heavy atom. The number of benzene rings is 1. The van der Waals surface area contributed by atoms with E-state index in [1.54, 1.807) is 11.3 Å². The zero-order chi connectivity index (χ0) is 13.6. The first-order valence-corrected chi connectivity index (χ1v) is 7.38. The van der Waals surface area contributed by atoms with Crippen LogP contribution in [0.15, 0.2) is 24.3 Å². The van der Waals surface area contributed by atoms with Crippen LogP contribution >= 0.6 is 11.3 Å². The van der Waals surface area contributed by atoms with Crippen LogP contribution in [-0.2, 0) is 0 Å². The van der Waals surface area contributed by atoms with Gasteiger partial charge in [0.05, 0.1) is 6.10 Å². The number of aryl methyl sites for hydroxylation is 3. The highest BCUT2D eigenvalue weighted by atomic mass is 32.1. The zero-order valence-electron chi connectivity index (χ0n) is 11.4. The molecule has 1 aromatic carbocycles. The van der Waals surface area contributed by atoms with E-state index in [0.29, 0.717) is 6.42 Å². The molecular formula is C16H18O2S. The number of hydrogen-bond acceptors (Lipinski definition) is 3. The summed E-state index contributed by atoms with van der Waals surface area (Å²) >= 11 is 1.79. The molecule has 0 aliphatic carbocycles. The summed E-state index contributed by atoms with van der Waals surface area (Å²) in [6, 6.07) is 8.19. The van der Waals surface area contributed by atoms with Gasteiger partial charge in [-0.1, -0.05) is 11.6 Å². The highest BCUT2D eigenvalue weighted by Gasteiger charge is 2.29. The number of thiophene rings is 1. The molecule has 2 atom stereocenters. The number of aliphatic hydroxyl groups is 1. The predicted molar refractivity (Wildman–Crippen MR) is 77.9 cm³/mol. The average molecular weight is 274 g/mol. The molecule has 3 rings (SSSR count). The lowest BCUT2D eigenvalue weighted by atomic mass is 9.94. The first-order valence-electron chi connectivity index (χ1n) is 6.57. The molecule has 2 nitrogen and oxygen atoms in total. The van der Waals surface area contributed by atoms with Crippen LogP contribution in [-0.4, -0.2) is 5.11 Å². The summed E-state index contributed by atoms with van der Waals surface area (Å²) in [5, 5.41) is 10.3. The van der Waals surface area contributed by atoms with E-state index in [2.05, 4.69) is 19.9 Å². The Morgan fingerprint density at radius 1 is 1.16 bits per heavy atom. The fraction of sp³-hybridized carbons (Fsp3) is 0.375. The lowest BCUT2D eigenvalue weighted by molar-refractivity contribution is 0.0656. The van der Waals surface area contributed by atoms with Crippen LogP contribution in [0, 0.1) is 20.8 Å². The van der Waals surface area contributed by atoms with E-state index in [9.17, 15) is 5.11 Å². The van der Waals surface area contributed by atoms with Gasteiger partial charge >= 0.3 is 0 Å². The SMILES string of the molecule is Cc1ccc2c(c1)[C@H](O)CC(c1cc(C)sc1C)O2. The lowest BCUT2D eigenvalue weighted by Gasteiger charge is -2.30. The van der Waals surface area contributed by atoms with Gasteiger partial charge in [-0.05, 0) is 39.0 Å². The molecule has 0 amide bonds. The number of ether oxygens (including phenoxy) is 1. The number of rotatable bonds is 1. The summed E-state index contributed by atoms with van der Waals surface area (Å²) in [6.45, 7) is 6.26. The molecule has 100 valence electrons. The van der Waals surface area contributed by atoms with Gasteiger partial charge in [-0.15, -0.1) is 11.3 Å². The van der Waals surface area contributed by atoms with Gasteiger partial charge in [0.25, 0.3) is 0 Å². The number of hydrogen-bond donors (Lipinski definition) is 1. The van der Waals surface area contributed by atoms with Gasteiger partial charge in [0.15, 0.2) is 0 Å². The van der Waals surface area contributed by atoms with Gasteiger partial charge < -0.3 is 9.84 Å². The Labute approximate surface area is 117 Å². The normalized spacial score (nSPS) is 21.9. The molecule has 1 aliphatic rings. The molecule has 0 saturated heterocycles. The summed E-state index contributed by atoms with van der Waals surface area (Å²) in [4.78, 5) is 2.57. The standard InChI is InChI=1S/C16H18O2S/c1-9-4-5-15-13(6-9)14(17)8-16(18-15)12-7-10(2)19-11(12)3/h4-7,14,16-17H,8H2,1-3H3/t14-,16?/m1/s1. The van der Waals surface area contributed by atoms with Crippen molar-refractivity contribution in [3.8, 4) is 5.75 Å². The Balaban J connectivity index is 1.97. The molecule has 2 aromatic rings. The molecule has 1 aromatic heterocycles. The molecule has 1 N–H and O–H groups in total. The van der Waals surface area contributed by atoms with Gasteiger partial charge in [0.2, 0.25) is 0 Å². The molecule has 19 heavy (non-hydrogen) atoms. The van der Waals surface area contributed by atoms with Crippen LogP contribution in [0.1, 0.15) is 45.1 Å². The topological polar surface area (TPSA) is 29.5 Å². The quantitative estimate of drug-likeness (QED) is 0.843. The monoisotopic (exact) mass is 274 g/mol. The second-order valence-electron chi connectivity index (χ2n) is 5.27. The minimum absolute atomic E-state index is 0.0323. The Bertz CT molecular complexity index is 615. The van der Waals surface area contributed by atoms with Crippen LogP contribution in [0.5, 0.6) is 5.75 Å². The second-order valence-corrected chi connectivity index (χ2v) is 6.73. The van der Waals surface area contributed by atoms with E-state index in [0.717, 1.165) is 16.9 Å². The first-order chi connectivity index (χ1) is 9.04. The van der Waals surface area contributed by atoms with Gasteiger partial charge in [-0.3, -0.25) is 0 Å². The summed E-state index contributed by atoms with van der Waals surface area (Å²) in [5.41, 5.74) is 3.29. The smallest absolute Gasteiger partial charge is 0.128 e. The average Bonchev–Trinajstić information content (AvgIpc) is 2.69. The van der Waals surface area contributed by atoms with Crippen molar-refractivity contribution >= 4 is 11.3 Å². The third-order valence-electron chi connectivity index (χ3n) is 3.66. The summed E-state index contributed by atoms with van der Waals surface area (Å²) < 4.78 is 6.08. The van der Waals surface area contributed by atoms with Gasteiger partial charge in [0, 0.05) is 27.3 Å². The van der Waals surface area contributed by atoms with E-state index in [-0.39, 0.29) is 6.10 Å². The summed E-state index contributed by atoms with van der Waals surface area (Å²) in [5.74, 6) is 0.817. The molecular weight excluding hydrogens is 256 g/mol. The van der Waals surface area contributed by atoms with Gasteiger partial charge in [-0.25, -0.2) is 0 Å². The van der Waals surface area contributed by atoms with Gasteiger partial charge in [0.1, 0.15) is 11.9 Å². The van der Waals surface area contributed by atoms with Gasteiger partial charge in [-0.2, -0.15) is 0 Å². The van der Waals surface area contributed by atoms with Crippen LogP contribution in [0.3, 0.4) is 0 Å². The third kappa shape index (κ3) is 2.28. The molecule has 3 heteroatoms. The molecule has 0 spiro atoms. The van der Waals surface area contributed by atoms with Crippen LogP contribution in [0.4, 0.5) is 0 Å². The fourth-order valence-corrected chi connectivity index (χ4v) is 3.70. The van der Waals surface area contributed by atoms with E-state index >= 15 is 0 Å². The van der Waals surface area contributed by atoms with Crippen LogP contribution < -0.4 is 4.74 Å². The maximum absolute atomic E-state index is 10.3. The molecule has 1 aliphatic heterocycles. The second kappa shape index (κ2) is 4.66. The largest absolute Gasteiger partial charge is 0.485 e. The van der Waals surface area contributed by atoms with Crippen molar-refractivity contribution in [2.24, 2.45) is 0 Å². The van der Waals surface area contributed by atoms with Crippen molar-refractivity contribution in [3.05, 3.63) is 50.7 Å². The Hall–Kier alpha value is -1.32. The van der Waals surface area contributed by atoms with E-state index in [1.165, 1.54) is 15.3 Å². The van der Waals surface area contributed by atoms with Crippen molar-refractivity contribution in [2.45, 2.75) is 39.4 Å². The van der Waals surface area contributed by atoms with Crippen molar-refractivity contribution in [2.75, 3.05) is 0 Å². The van der Waals surface area contributed by atoms with Crippen LogP contribution in [0.25, 0.3) is 0 Å². The van der Waals surface area contributed by atoms with E-state index < -0.39 is 6.10 Å². The first kappa shape index (κ1) is 12.7. The number of aliphatic hydroxyl groups excluding tert-OH is 1. The number of fused-ring (bicyclic) bond motifs is 1. The summed E-state index contributed by atoms with van der Waals surface area (Å²) in [7, 11) is 0. The lowest BCUT2D eigenvalue weighted by Crippen LogP contribution is -2.19. The minimum atomic E-state index is -0.437. The highest BCUT2D eigenvalue weighted by Crippen LogP contribution is 2.43. The van der Waals surface area contributed by atoms with Crippen molar-refractivity contribution < 1.29 is 9.84 Å².